The molecule has 1 rings (SSSR count). The molecule has 1 atom stereocenters. The molecule has 0 aromatic heterocycles. The quantitative estimate of drug-likeness (QED) is 0.779. The fraction of sp³-hybridized carbons (Fsp3) is 0.647. The smallest absolute Gasteiger partial charge is 0.331 e. The van der Waals surface area contributed by atoms with Crippen LogP contribution in [0.3, 0.4) is 0 Å². The van der Waals surface area contributed by atoms with Gasteiger partial charge in [0.2, 0.25) is 0 Å². The molecule has 0 saturated heterocycles. The molecule has 0 aliphatic heterocycles. The summed E-state index contributed by atoms with van der Waals surface area (Å²) in [5, 5.41) is 19.2. The van der Waals surface area contributed by atoms with E-state index in [1.54, 1.807) is 13.0 Å². The third-order valence-electron chi connectivity index (χ3n) is 4.01. The number of carboxylic acids is 2. The van der Waals surface area contributed by atoms with E-state index in [1.165, 1.54) is 0 Å². The topological polar surface area (TPSA) is 74.6 Å². The Morgan fingerprint density at radius 1 is 1.19 bits per heavy atom. The zero-order valence-corrected chi connectivity index (χ0v) is 13.6. The van der Waals surface area contributed by atoms with Crippen molar-refractivity contribution in [3.8, 4) is 0 Å². The predicted octanol–water partition coefficient (Wildman–Crippen LogP) is 3.88. The zero-order valence-electron chi connectivity index (χ0n) is 13.6. The van der Waals surface area contributed by atoms with Crippen LogP contribution in [0.25, 0.3) is 0 Å². The molecule has 0 aromatic rings. The number of hydrogen-bond donors (Lipinski definition) is 2. The van der Waals surface area contributed by atoms with E-state index in [9.17, 15) is 19.8 Å². The van der Waals surface area contributed by atoms with Crippen molar-refractivity contribution in [2.45, 2.75) is 53.9 Å². The normalized spacial score (nSPS) is 22.7. The summed E-state index contributed by atoms with van der Waals surface area (Å²) in [4.78, 5) is 23.4. The van der Waals surface area contributed by atoms with Crippen LogP contribution in [0.4, 0.5) is 0 Å². The lowest BCUT2D eigenvalue weighted by Gasteiger charge is -2.38. The van der Waals surface area contributed by atoms with E-state index >= 15 is 0 Å². The molecule has 0 heterocycles. The van der Waals surface area contributed by atoms with Crippen molar-refractivity contribution in [3.05, 3.63) is 22.8 Å². The number of carbonyl (C=O) groups is 2. The Bertz CT molecular complexity index is 497. The summed E-state index contributed by atoms with van der Waals surface area (Å²) < 4.78 is 0. The first-order valence-corrected chi connectivity index (χ1v) is 7.47. The molecule has 0 spiro atoms. The molecule has 1 aliphatic carbocycles. The molecule has 0 saturated carbocycles. The summed E-state index contributed by atoms with van der Waals surface area (Å²) in [6.45, 7) is 9.81. The van der Waals surface area contributed by atoms with Crippen LogP contribution in [0.15, 0.2) is 22.8 Å². The monoisotopic (exact) mass is 294 g/mol. The van der Waals surface area contributed by atoms with E-state index in [0.29, 0.717) is 24.3 Å². The highest BCUT2D eigenvalue weighted by atomic mass is 16.4. The Balaban J connectivity index is 3.41. The average molecular weight is 294 g/mol. The highest BCUT2D eigenvalue weighted by Gasteiger charge is 2.46. The maximum atomic E-state index is 12.0. The van der Waals surface area contributed by atoms with Crippen molar-refractivity contribution < 1.29 is 19.8 Å². The molecule has 2 N–H and O–H groups in total. The minimum absolute atomic E-state index is 0.0836. The lowest BCUT2D eigenvalue weighted by atomic mass is 9.64. The summed E-state index contributed by atoms with van der Waals surface area (Å²) in [6.07, 6.45) is 3.03. The van der Waals surface area contributed by atoms with E-state index in [2.05, 4.69) is 13.8 Å². The number of carboxylic acid groups (broad SMARTS) is 2. The molecule has 1 unspecified atom stereocenters. The number of allylic oxidation sites excluding steroid dienone is 2. The maximum Gasteiger partial charge on any atom is 0.331 e. The molecule has 1 aliphatic rings. The first-order valence-electron chi connectivity index (χ1n) is 7.47. The first-order chi connectivity index (χ1) is 9.60. The molecule has 0 bridgehead atoms. The van der Waals surface area contributed by atoms with E-state index in [4.69, 9.17) is 0 Å². The van der Waals surface area contributed by atoms with Crippen molar-refractivity contribution in [1.82, 2.24) is 0 Å². The molecule has 4 heteroatoms. The number of aliphatic carboxylic acids is 2. The maximum absolute atomic E-state index is 12.0. The second-order valence-electron chi connectivity index (χ2n) is 6.90. The lowest BCUT2D eigenvalue weighted by Crippen LogP contribution is -2.38. The molecule has 0 amide bonds. The van der Waals surface area contributed by atoms with Gasteiger partial charge < -0.3 is 10.2 Å². The van der Waals surface area contributed by atoms with Gasteiger partial charge in [0.05, 0.1) is 5.41 Å². The van der Waals surface area contributed by atoms with Gasteiger partial charge in [0, 0.05) is 5.57 Å². The largest absolute Gasteiger partial charge is 0.481 e. The van der Waals surface area contributed by atoms with Crippen molar-refractivity contribution >= 4 is 11.9 Å². The summed E-state index contributed by atoms with van der Waals surface area (Å²) in [5.41, 5.74) is 0.691. The van der Waals surface area contributed by atoms with Gasteiger partial charge in [0.1, 0.15) is 0 Å². The zero-order chi connectivity index (χ0) is 16.4. The minimum Gasteiger partial charge on any atom is -0.481 e. The molecular formula is C17H26O4. The third kappa shape index (κ3) is 3.74. The van der Waals surface area contributed by atoms with Gasteiger partial charge in [-0.15, -0.1) is 0 Å². The molecule has 0 fully saturated rings. The number of rotatable bonds is 6. The fourth-order valence-corrected chi connectivity index (χ4v) is 3.18. The Kier molecular flexibility index (Phi) is 5.37. The van der Waals surface area contributed by atoms with Gasteiger partial charge in [-0.1, -0.05) is 39.3 Å². The highest BCUT2D eigenvalue weighted by Crippen LogP contribution is 2.47. The van der Waals surface area contributed by atoms with Crippen molar-refractivity contribution in [1.29, 1.82) is 0 Å². The second-order valence-corrected chi connectivity index (χ2v) is 6.90. The van der Waals surface area contributed by atoms with Crippen molar-refractivity contribution in [3.63, 3.8) is 0 Å². The van der Waals surface area contributed by atoms with E-state index in [-0.39, 0.29) is 17.9 Å². The van der Waals surface area contributed by atoms with Crippen LogP contribution in [-0.4, -0.2) is 22.2 Å². The van der Waals surface area contributed by atoms with Crippen LogP contribution in [-0.2, 0) is 9.59 Å². The average Bonchev–Trinajstić information content (AvgIpc) is 2.30. The summed E-state index contributed by atoms with van der Waals surface area (Å²) in [7, 11) is 0. The van der Waals surface area contributed by atoms with E-state index in [1.807, 2.05) is 13.8 Å². The van der Waals surface area contributed by atoms with Crippen molar-refractivity contribution in [2.75, 3.05) is 0 Å². The summed E-state index contributed by atoms with van der Waals surface area (Å²) in [5.74, 6) is -1.40. The van der Waals surface area contributed by atoms with Gasteiger partial charge >= 0.3 is 11.9 Å². The molecular weight excluding hydrogens is 268 g/mol. The molecule has 118 valence electrons. The van der Waals surface area contributed by atoms with Crippen LogP contribution in [0, 0.1) is 17.3 Å². The van der Waals surface area contributed by atoms with Gasteiger partial charge in [-0.05, 0) is 43.6 Å². The fourth-order valence-electron chi connectivity index (χ4n) is 3.18. The standard InChI is InChI=1S/C17H26O4/c1-10(2)6-13-7-12(5)14(15(18)19)9-17(13,16(20)21)8-11(3)4/h7,10-11H,6,8-9H2,1-5H3,(H,18,19)(H,20,21). The van der Waals surface area contributed by atoms with Gasteiger partial charge in [-0.3, -0.25) is 4.79 Å². The molecule has 4 nitrogen and oxygen atoms in total. The van der Waals surface area contributed by atoms with E-state index in [0.717, 1.165) is 5.57 Å². The lowest BCUT2D eigenvalue weighted by molar-refractivity contribution is -0.148. The van der Waals surface area contributed by atoms with Crippen LogP contribution in [0.5, 0.6) is 0 Å². The first kappa shape index (κ1) is 17.5. The van der Waals surface area contributed by atoms with Crippen LogP contribution < -0.4 is 0 Å². The second kappa shape index (κ2) is 6.46. The molecule has 21 heavy (non-hydrogen) atoms. The summed E-state index contributed by atoms with van der Waals surface area (Å²) >= 11 is 0. The molecule has 0 radical (unpaired) electrons. The highest BCUT2D eigenvalue weighted by molar-refractivity contribution is 5.92. The van der Waals surface area contributed by atoms with Crippen LogP contribution >= 0.6 is 0 Å². The van der Waals surface area contributed by atoms with Gasteiger partial charge in [0.15, 0.2) is 0 Å². The number of hydrogen-bond acceptors (Lipinski definition) is 2. The van der Waals surface area contributed by atoms with Gasteiger partial charge in [-0.2, -0.15) is 0 Å². The Morgan fingerprint density at radius 2 is 1.76 bits per heavy atom. The van der Waals surface area contributed by atoms with E-state index < -0.39 is 17.4 Å². The van der Waals surface area contributed by atoms with Crippen molar-refractivity contribution in [2.24, 2.45) is 17.3 Å². The van der Waals surface area contributed by atoms with Gasteiger partial charge in [-0.25, -0.2) is 4.79 Å². The Morgan fingerprint density at radius 3 is 2.14 bits per heavy atom. The van der Waals surface area contributed by atoms with Crippen LogP contribution in [0.2, 0.25) is 0 Å². The molecule has 0 aromatic carbocycles. The van der Waals surface area contributed by atoms with Gasteiger partial charge in [0.25, 0.3) is 0 Å². The third-order valence-corrected chi connectivity index (χ3v) is 4.01. The predicted molar refractivity (Wildman–Crippen MR) is 82.0 cm³/mol. The SMILES string of the molecule is CC1=C(C(=O)O)CC(CC(C)C)(C(=O)O)C(CC(C)C)=C1. The summed E-state index contributed by atoms with van der Waals surface area (Å²) in [6, 6.07) is 0. The Labute approximate surface area is 126 Å². The minimum atomic E-state index is -1.08. The van der Waals surface area contributed by atoms with Crippen LogP contribution in [0.1, 0.15) is 53.9 Å². The Hall–Kier alpha value is -1.58.